The Morgan fingerprint density at radius 2 is 0.582 bits per heavy atom. The van der Waals surface area contributed by atoms with Crippen molar-refractivity contribution in [3.05, 3.63) is 422 Å². The highest BCUT2D eigenvalue weighted by molar-refractivity contribution is 5.98. The van der Waals surface area contributed by atoms with Crippen LogP contribution >= 0.6 is 0 Å². The van der Waals surface area contributed by atoms with Crippen LogP contribution in [0.3, 0.4) is 0 Å². The number of benzene rings is 6. The molecule has 0 radical (unpaired) electrons. The van der Waals surface area contributed by atoms with Crippen molar-refractivity contribution < 1.29 is 49.5 Å². The van der Waals surface area contributed by atoms with Crippen LogP contribution in [0.5, 0.6) is 28.7 Å². The van der Waals surface area contributed by atoms with Gasteiger partial charge in [-0.3, -0.25) is 81.3 Å². The Morgan fingerprint density at radius 3 is 0.877 bits per heavy atom. The van der Waals surface area contributed by atoms with E-state index in [1.54, 1.807) is 39.0 Å². The molecule has 9 atom stereocenters. The average Bonchev–Trinajstić information content (AvgIpc) is 0.899. The van der Waals surface area contributed by atoms with Gasteiger partial charge in [0.15, 0.2) is 57.2 Å². The summed E-state index contributed by atoms with van der Waals surface area (Å²) < 4.78 is 11.1. The maximum atomic E-state index is 13.1. The molecule has 0 fully saturated rings. The van der Waals surface area contributed by atoms with Gasteiger partial charge in [-0.2, -0.15) is 35.7 Å². The second kappa shape index (κ2) is 44.2. The molecular weight excluding hydrogens is 1860 g/mol. The Labute approximate surface area is 839 Å². The molecule has 0 bridgehead atoms. The lowest BCUT2D eigenvalue weighted by atomic mass is 9.83. The minimum atomic E-state index is -0.679. The number of carbonyl (C=O) groups is 5. The molecule has 0 saturated carbocycles. The van der Waals surface area contributed by atoms with E-state index in [2.05, 4.69) is 81.8 Å². The standard InChI is InChI=1S/C24H25N5O3.C23H23N3O3.C22H22N4O3.C21H23N5O3.C20H18N4O3/c1-4-5-11-18-12-13-28(26-18)21(17-9-7-6-8-10-17)19-15-27(16(2)3)24(32)22-23(31)20(30)14-25-29(19)22;1-15(2)25-14-18(26-21(23(25)29)22(28)19(27)13-24-26)20(16-9-5-3-6-10-16)17-11-7-4-8-12-17;1-14(2)25-13-17(26-20(22(25)29)21(28)18(27)12-24-26)19(15-8-4-3-5-9-15)16-10-6-7-11-23-16;1-13(2)24-12-16(26-19(21(24)29)20(28)17(27)11-22-26)18(15-7-5-4-6-8-15)25-10-9-14(3)23-25;1-23-12-15(24-18(20(23)27)19(26)16(25)11-22-24)17(13-7-3-2-4-8-13)14-9-5-6-10-21-14/h6-10,12-14,16,19,21,31H,4,15H2,1-3H3;3-13,15,18,20,28H,14H2,1-2H3;3-12,14,17,19,28H,13H2,1-2H3;4-11,13,16,18,28H,12H2,1-3H3;2-11,15,17,26H,12H2,1H3. The molecule has 15 aromatic rings. The van der Waals surface area contributed by atoms with Crippen LogP contribution in [-0.4, -0.2) is 222 Å². The van der Waals surface area contributed by atoms with Crippen molar-refractivity contribution in [3.8, 4) is 40.6 Å². The van der Waals surface area contributed by atoms with Gasteiger partial charge in [-0.25, -0.2) is 9.36 Å². The van der Waals surface area contributed by atoms with Crippen molar-refractivity contribution in [1.29, 1.82) is 0 Å². The predicted molar refractivity (Wildman–Crippen MR) is 543 cm³/mol. The number of fused-ring (bicyclic) bond motifs is 5. The van der Waals surface area contributed by atoms with Gasteiger partial charge in [0.05, 0.1) is 90.1 Å². The van der Waals surface area contributed by atoms with Crippen LogP contribution in [0.4, 0.5) is 0 Å². The minimum Gasteiger partial charge on any atom is -0.502 e. The van der Waals surface area contributed by atoms with Crippen molar-refractivity contribution >= 4 is 29.5 Å². The number of aromatic hydroxyl groups is 5. The number of hydrogen-bond acceptors (Lipinski definition) is 24. The second-order valence-electron chi connectivity index (χ2n) is 37.0. The summed E-state index contributed by atoms with van der Waals surface area (Å²) in [6.45, 7) is 21.1. The highest BCUT2D eigenvalue weighted by Gasteiger charge is 2.47. The molecule has 0 aliphatic carbocycles. The van der Waals surface area contributed by atoms with Crippen molar-refractivity contribution in [3.63, 3.8) is 0 Å². The summed E-state index contributed by atoms with van der Waals surface area (Å²) in [5, 5.41) is 82.5. The van der Waals surface area contributed by atoms with E-state index < -0.39 is 85.6 Å². The SMILES string of the molecule is CC(C)N1CC(C(c2ccccc2)c2ccccc2)n2ncc(=O)c(O)c2C1=O.CC(C)N1CC(C(c2ccccc2)c2ccccn2)n2ncc(=O)c(O)c2C1=O.CCC#Cc1ccn(C(c2ccccc2)C2CN(C(C)C)C(=O)c3c(O)c(=O)cnn32)n1.CN1CC(C(c2ccccc2)c2ccccn2)n2ncc(=O)c(O)c2C1=O.Cc1ccn(C(c2ccccc2)C2CN(C(C)C)C(=O)c3c(O)c(=O)cnn32)n1. The zero-order valence-electron chi connectivity index (χ0n) is 82.2. The van der Waals surface area contributed by atoms with Crippen molar-refractivity contribution in [2.45, 2.75) is 160 Å². The predicted octanol–water partition coefficient (Wildman–Crippen LogP) is 12.3. The Bertz CT molecular complexity index is 7330. The van der Waals surface area contributed by atoms with Crippen LogP contribution < -0.4 is 27.1 Å². The number of hydrogen-bond donors (Lipinski definition) is 5. The fourth-order valence-corrected chi connectivity index (χ4v) is 19.5. The summed E-state index contributed by atoms with van der Waals surface area (Å²) in [5.74, 6) is 0.689. The molecule has 0 saturated heterocycles. The van der Waals surface area contributed by atoms with Gasteiger partial charge in [0.2, 0.25) is 27.1 Å². The Hall–Kier alpha value is -17.7. The van der Waals surface area contributed by atoms with Crippen LogP contribution in [-0.2, 0) is 0 Å². The number of nitrogens with zero attached hydrogens (tertiary/aromatic N) is 21. The summed E-state index contributed by atoms with van der Waals surface area (Å²) in [5.41, 5.74) is 5.60. The first kappa shape index (κ1) is 101. The van der Waals surface area contributed by atoms with Gasteiger partial charge >= 0.3 is 0 Å². The van der Waals surface area contributed by atoms with E-state index in [1.165, 1.54) is 28.3 Å². The second-order valence-corrected chi connectivity index (χ2v) is 37.0. The zero-order chi connectivity index (χ0) is 104. The zero-order valence-corrected chi connectivity index (χ0v) is 82.2. The summed E-state index contributed by atoms with van der Waals surface area (Å²) in [7, 11) is 1.65. The minimum absolute atomic E-state index is 0.0423. The molecule has 9 aromatic heterocycles. The monoisotopic (exact) mass is 1970 g/mol. The van der Waals surface area contributed by atoms with Crippen molar-refractivity contribution in [2.75, 3.05) is 39.8 Å². The third kappa shape index (κ3) is 20.7. The van der Waals surface area contributed by atoms with E-state index in [9.17, 15) is 73.5 Å². The van der Waals surface area contributed by atoms with E-state index in [0.29, 0.717) is 38.4 Å². The first-order valence-corrected chi connectivity index (χ1v) is 48.1. The van der Waals surface area contributed by atoms with Crippen LogP contribution in [0.15, 0.2) is 310 Å². The quantitative estimate of drug-likeness (QED) is 0.0469. The smallest absolute Gasteiger partial charge is 0.276 e. The molecule has 146 heavy (non-hydrogen) atoms. The van der Waals surface area contributed by atoms with E-state index in [4.69, 9.17) is 0 Å². The highest BCUT2D eigenvalue weighted by atomic mass is 16.3. The molecule has 36 nitrogen and oxygen atoms in total. The fraction of sp³-hybridized carbons (Fsp3) is 0.282. The lowest BCUT2D eigenvalue weighted by Gasteiger charge is -2.40. The number of carbonyl (C=O) groups excluding carboxylic acids is 5. The van der Waals surface area contributed by atoms with Gasteiger partial charge in [0.25, 0.3) is 29.5 Å². The van der Waals surface area contributed by atoms with E-state index >= 15 is 0 Å². The molecule has 746 valence electrons. The van der Waals surface area contributed by atoms with Gasteiger partial charge in [0.1, 0.15) is 17.8 Å². The van der Waals surface area contributed by atoms with Crippen LogP contribution in [0.1, 0.15) is 237 Å². The number of aryl methyl sites for hydroxylation is 1. The number of rotatable bonds is 19. The summed E-state index contributed by atoms with van der Waals surface area (Å²) in [6.07, 6.45) is 13.2. The van der Waals surface area contributed by atoms with E-state index in [-0.39, 0.29) is 113 Å². The van der Waals surface area contributed by atoms with Crippen molar-refractivity contribution in [2.24, 2.45) is 0 Å². The van der Waals surface area contributed by atoms with Gasteiger partial charge in [0, 0.05) is 101 Å². The van der Waals surface area contributed by atoms with Crippen LogP contribution in [0.2, 0.25) is 0 Å². The van der Waals surface area contributed by atoms with Crippen LogP contribution in [0, 0.1) is 18.8 Å². The molecule has 6 aromatic carbocycles. The van der Waals surface area contributed by atoms with E-state index in [1.807, 2.05) is 297 Å². The molecule has 36 heteroatoms. The molecule has 0 spiro atoms. The Morgan fingerprint density at radius 1 is 0.315 bits per heavy atom. The molecule has 14 heterocycles. The number of likely N-dealkylation sites (N-methyl/N-ethyl adjacent to an activating group) is 1. The molecule has 5 amide bonds. The molecule has 20 rings (SSSR count). The summed E-state index contributed by atoms with van der Waals surface area (Å²) in [6, 6.07) is 71.8. The normalized spacial score (nSPS) is 17.0. The van der Waals surface area contributed by atoms with Crippen LogP contribution in [0.25, 0.3) is 0 Å². The largest absolute Gasteiger partial charge is 0.502 e. The van der Waals surface area contributed by atoms with Gasteiger partial charge in [-0.15, -0.1) is 0 Å². The fourth-order valence-electron chi connectivity index (χ4n) is 19.5. The lowest BCUT2D eigenvalue weighted by molar-refractivity contribution is 0.0539. The number of aromatic nitrogens is 16. The van der Waals surface area contributed by atoms with Gasteiger partial charge in [-0.1, -0.05) is 207 Å². The summed E-state index contributed by atoms with van der Waals surface area (Å²) in [4.78, 5) is 142. The third-order valence-corrected chi connectivity index (χ3v) is 26.5. The lowest BCUT2D eigenvalue weighted by Crippen LogP contribution is -2.50. The summed E-state index contributed by atoms with van der Waals surface area (Å²) >= 11 is 0. The number of pyridine rings is 2. The number of amides is 5. The Balaban J connectivity index is 0.000000131. The molecule has 5 aliphatic heterocycles. The van der Waals surface area contributed by atoms with E-state index in [0.717, 1.165) is 87.9 Å². The first-order chi connectivity index (χ1) is 70.3. The van der Waals surface area contributed by atoms with Gasteiger partial charge in [-0.05, 0) is 138 Å². The molecule has 9 unspecified atom stereocenters. The highest BCUT2D eigenvalue weighted by Crippen LogP contribution is 2.45. The average molecular weight is 1970 g/mol. The molecular formula is C110H111N21O15. The maximum absolute atomic E-state index is 13.1. The molecule has 5 N–H and O–H groups in total. The molecule has 5 aliphatic rings. The third-order valence-electron chi connectivity index (χ3n) is 26.5. The maximum Gasteiger partial charge on any atom is 0.276 e. The van der Waals surface area contributed by atoms with Gasteiger partial charge < -0.3 is 50.0 Å². The topological polar surface area (TPSA) is 439 Å². The first-order valence-electron chi connectivity index (χ1n) is 48.1. The Kier molecular flexibility index (Phi) is 30.7. The van der Waals surface area contributed by atoms with Crippen molar-refractivity contribution in [1.82, 2.24) is 103 Å².